The highest BCUT2D eigenvalue weighted by Gasteiger charge is 2.05. The Bertz CT molecular complexity index is 720. The van der Waals surface area contributed by atoms with E-state index >= 15 is 0 Å². The van der Waals surface area contributed by atoms with Crippen molar-refractivity contribution in [1.29, 1.82) is 0 Å². The van der Waals surface area contributed by atoms with E-state index in [0.29, 0.717) is 28.7 Å². The first-order chi connectivity index (χ1) is 10.1. The van der Waals surface area contributed by atoms with Crippen LogP contribution in [0.1, 0.15) is 18.3 Å². The molecule has 0 aliphatic carbocycles. The smallest absolute Gasteiger partial charge is 0.244 e. The van der Waals surface area contributed by atoms with Gasteiger partial charge in [-0.3, -0.25) is 9.89 Å². The number of nitrogens with zero attached hydrogens (tertiary/aromatic N) is 2. The van der Waals surface area contributed by atoms with Crippen molar-refractivity contribution >= 4 is 35.8 Å². The third-order valence-electron chi connectivity index (χ3n) is 2.89. The Kier molecular flexibility index (Phi) is 5.30. The van der Waals surface area contributed by atoms with Gasteiger partial charge in [0.1, 0.15) is 0 Å². The van der Waals surface area contributed by atoms with Crippen LogP contribution >= 0.6 is 23.8 Å². The van der Waals surface area contributed by atoms with E-state index in [4.69, 9.17) is 23.8 Å². The average molecular weight is 323 g/mol. The van der Waals surface area contributed by atoms with Gasteiger partial charge >= 0.3 is 0 Å². The quantitative estimate of drug-likeness (QED) is 0.657. The van der Waals surface area contributed by atoms with Crippen LogP contribution in [0.4, 0.5) is 0 Å². The first-order valence-electron chi connectivity index (χ1n) is 6.46. The van der Waals surface area contributed by atoms with Crippen LogP contribution in [0.5, 0.6) is 0 Å². The lowest BCUT2D eigenvalue weighted by Gasteiger charge is -2.04. The number of carbonyl (C=O) groups is 1. The van der Waals surface area contributed by atoms with Gasteiger partial charge in [0.05, 0.1) is 6.54 Å². The number of amides is 1. The molecule has 0 saturated heterocycles. The van der Waals surface area contributed by atoms with Crippen molar-refractivity contribution in [2.24, 2.45) is 0 Å². The number of benzene rings is 1. The predicted molar refractivity (Wildman–Crippen MR) is 85.4 cm³/mol. The topological polar surface area (TPSA) is 62.7 Å². The SMILES string of the molecule is CCn1c(CNC(=O)C=Cc2ccccc2Cl)n[nH]c1=S. The van der Waals surface area contributed by atoms with Crippen molar-refractivity contribution in [3.63, 3.8) is 0 Å². The summed E-state index contributed by atoms with van der Waals surface area (Å²) < 4.78 is 2.38. The standard InChI is InChI=1S/C14H15ClN4OS/c1-2-19-12(17-18-14(19)21)9-16-13(20)8-7-10-5-3-4-6-11(10)15/h3-8H,2,9H2,1H3,(H,16,20)(H,18,21). The van der Waals surface area contributed by atoms with Gasteiger partial charge in [-0.25, -0.2) is 0 Å². The van der Waals surface area contributed by atoms with E-state index < -0.39 is 0 Å². The molecule has 2 rings (SSSR count). The number of hydrogen-bond donors (Lipinski definition) is 2. The van der Waals surface area contributed by atoms with Crippen LogP contribution in [0.25, 0.3) is 6.08 Å². The molecule has 0 atom stereocenters. The number of hydrogen-bond acceptors (Lipinski definition) is 3. The minimum atomic E-state index is -0.216. The summed E-state index contributed by atoms with van der Waals surface area (Å²) in [6.07, 6.45) is 3.12. The maximum Gasteiger partial charge on any atom is 0.244 e. The van der Waals surface area contributed by atoms with Crippen molar-refractivity contribution < 1.29 is 4.79 Å². The molecule has 0 radical (unpaired) electrons. The summed E-state index contributed by atoms with van der Waals surface area (Å²) in [7, 11) is 0. The molecule has 0 fully saturated rings. The molecule has 1 aromatic heterocycles. The molecule has 7 heteroatoms. The number of carbonyl (C=O) groups excluding carboxylic acids is 1. The van der Waals surface area contributed by atoms with Crippen molar-refractivity contribution in [2.45, 2.75) is 20.0 Å². The highest BCUT2D eigenvalue weighted by atomic mass is 35.5. The van der Waals surface area contributed by atoms with Gasteiger partial charge in [0.2, 0.25) is 5.91 Å². The molecule has 0 aliphatic heterocycles. The number of nitrogens with one attached hydrogen (secondary N) is 2. The Labute approximate surface area is 132 Å². The molecule has 1 aromatic carbocycles. The second-order valence-corrected chi connectivity index (χ2v) is 5.06. The van der Waals surface area contributed by atoms with E-state index in [0.717, 1.165) is 5.56 Å². The number of aromatic amines is 1. The molecule has 0 saturated carbocycles. The van der Waals surface area contributed by atoms with Crippen LogP contribution in [0, 0.1) is 4.77 Å². The third-order valence-corrected chi connectivity index (χ3v) is 3.55. The highest BCUT2D eigenvalue weighted by molar-refractivity contribution is 7.71. The van der Waals surface area contributed by atoms with Gasteiger partial charge in [-0.05, 0) is 36.8 Å². The molecule has 0 spiro atoms. The summed E-state index contributed by atoms with van der Waals surface area (Å²) in [5.74, 6) is 0.480. The minimum Gasteiger partial charge on any atom is -0.345 e. The molecule has 1 amide bonds. The molecule has 5 nitrogen and oxygen atoms in total. The lowest BCUT2D eigenvalue weighted by atomic mass is 10.2. The summed E-state index contributed by atoms with van der Waals surface area (Å²) in [6.45, 7) is 2.98. The first-order valence-corrected chi connectivity index (χ1v) is 7.25. The molecular formula is C14H15ClN4OS. The van der Waals surface area contributed by atoms with Gasteiger partial charge in [-0.2, -0.15) is 5.10 Å². The lowest BCUT2D eigenvalue weighted by Crippen LogP contribution is -2.22. The second-order valence-electron chi connectivity index (χ2n) is 4.26. The minimum absolute atomic E-state index is 0.216. The fourth-order valence-corrected chi connectivity index (χ4v) is 2.29. The fraction of sp³-hybridized carbons (Fsp3) is 0.214. The van der Waals surface area contributed by atoms with Gasteiger partial charge in [0, 0.05) is 17.6 Å². The third kappa shape index (κ3) is 4.03. The van der Waals surface area contributed by atoms with Crippen LogP contribution in [0.3, 0.4) is 0 Å². The Hall–Kier alpha value is -1.92. The maximum atomic E-state index is 11.8. The monoisotopic (exact) mass is 322 g/mol. The largest absolute Gasteiger partial charge is 0.345 e. The molecule has 110 valence electrons. The van der Waals surface area contributed by atoms with Crippen molar-refractivity contribution in [1.82, 2.24) is 20.1 Å². The summed E-state index contributed by atoms with van der Waals surface area (Å²) >= 11 is 11.1. The zero-order valence-corrected chi connectivity index (χ0v) is 13.0. The van der Waals surface area contributed by atoms with Crippen molar-refractivity contribution in [3.05, 3.63) is 51.5 Å². The molecular weight excluding hydrogens is 308 g/mol. The normalized spacial score (nSPS) is 11.0. The summed E-state index contributed by atoms with van der Waals surface area (Å²) in [5.41, 5.74) is 0.797. The summed E-state index contributed by atoms with van der Waals surface area (Å²) in [4.78, 5) is 11.8. The molecule has 0 unspecified atom stereocenters. The lowest BCUT2D eigenvalue weighted by molar-refractivity contribution is -0.116. The van der Waals surface area contributed by atoms with Crippen LogP contribution < -0.4 is 5.32 Å². The van der Waals surface area contributed by atoms with E-state index in [1.165, 1.54) is 6.08 Å². The van der Waals surface area contributed by atoms with E-state index in [9.17, 15) is 4.79 Å². The summed E-state index contributed by atoms with van der Waals surface area (Å²) in [6, 6.07) is 7.32. The molecule has 2 aromatic rings. The number of aromatic nitrogens is 3. The van der Waals surface area contributed by atoms with Crippen molar-refractivity contribution in [2.75, 3.05) is 0 Å². The molecule has 0 aliphatic rings. The molecule has 2 N–H and O–H groups in total. The van der Waals surface area contributed by atoms with Gasteiger partial charge in [0.25, 0.3) is 0 Å². The molecule has 0 bridgehead atoms. The Morgan fingerprint density at radius 3 is 3.00 bits per heavy atom. The van der Waals surface area contributed by atoms with Crippen LogP contribution in [-0.4, -0.2) is 20.7 Å². The van der Waals surface area contributed by atoms with Gasteiger partial charge < -0.3 is 9.88 Å². The van der Waals surface area contributed by atoms with Crippen LogP contribution in [-0.2, 0) is 17.9 Å². The van der Waals surface area contributed by atoms with Gasteiger partial charge in [-0.1, -0.05) is 29.8 Å². The van der Waals surface area contributed by atoms with Gasteiger partial charge in [-0.15, -0.1) is 0 Å². The van der Waals surface area contributed by atoms with Crippen molar-refractivity contribution in [3.8, 4) is 0 Å². The Balaban J connectivity index is 1.96. The summed E-state index contributed by atoms with van der Waals surface area (Å²) in [5, 5.41) is 10.1. The Morgan fingerprint density at radius 2 is 2.29 bits per heavy atom. The number of halogens is 1. The fourth-order valence-electron chi connectivity index (χ4n) is 1.81. The van der Waals surface area contributed by atoms with Crippen LogP contribution in [0.15, 0.2) is 30.3 Å². The first kappa shape index (κ1) is 15.5. The molecule has 21 heavy (non-hydrogen) atoms. The van der Waals surface area contributed by atoms with E-state index in [1.807, 2.05) is 29.7 Å². The highest BCUT2D eigenvalue weighted by Crippen LogP contribution is 2.15. The molecule has 1 heterocycles. The zero-order valence-electron chi connectivity index (χ0n) is 11.5. The van der Waals surface area contributed by atoms with Crippen LogP contribution in [0.2, 0.25) is 5.02 Å². The van der Waals surface area contributed by atoms with E-state index in [-0.39, 0.29) is 5.91 Å². The average Bonchev–Trinajstić information content (AvgIpc) is 2.84. The number of rotatable bonds is 5. The maximum absolute atomic E-state index is 11.8. The zero-order chi connectivity index (χ0) is 15.2. The number of H-pyrrole nitrogens is 1. The predicted octanol–water partition coefficient (Wildman–Crippen LogP) is 2.94. The van der Waals surface area contributed by atoms with E-state index in [1.54, 1.807) is 12.1 Å². The van der Waals surface area contributed by atoms with E-state index in [2.05, 4.69) is 15.5 Å². The van der Waals surface area contributed by atoms with Gasteiger partial charge in [0.15, 0.2) is 10.6 Å². The second kappa shape index (κ2) is 7.19. The Morgan fingerprint density at radius 1 is 1.52 bits per heavy atom.